The van der Waals surface area contributed by atoms with Gasteiger partial charge in [0.2, 0.25) is 0 Å². The van der Waals surface area contributed by atoms with Gasteiger partial charge in [-0.05, 0) is 51.9 Å². The number of aliphatic hydroxyl groups is 1. The average molecular weight is 242 g/mol. The molecule has 3 nitrogen and oxygen atoms in total. The minimum Gasteiger partial charge on any atom is -0.460 e. The van der Waals surface area contributed by atoms with E-state index in [1.165, 1.54) is 12.8 Å². The smallest absolute Gasteiger partial charge is 0.306 e. The zero-order valence-electron chi connectivity index (χ0n) is 11.4. The van der Waals surface area contributed by atoms with Crippen LogP contribution in [0.4, 0.5) is 0 Å². The Morgan fingerprint density at radius 2 is 1.88 bits per heavy atom. The van der Waals surface area contributed by atoms with Gasteiger partial charge in [0.05, 0.1) is 0 Å². The molecule has 3 heteroatoms. The highest BCUT2D eigenvalue weighted by atomic mass is 16.6. The molecule has 1 fully saturated rings. The molecule has 0 amide bonds. The Kier molecular flexibility index (Phi) is 5.44. The van der Waals surface area contributed by atoms with Gasteiger partial charge in [0.25, 0.3) is 0 Å². The quantitative estimate of drug-likeness (QED) is 0.551. The SMILES string of the molecule is CC(C)(C)OC(=O)CCCC[C@@H]1C[C@@H]1CCO. The molecule has 0 aromatic rings. The Hall–Kier alpha value is -0.570. The standard InChI is InChI=1S/C14H26O3/c1-14(2,3)17-13(16)7-5-4-6-11-10-12(11)8-9-15/h11-12,15H,4-10H2,1-3H3/t11-,12+/m1/s1. The van der Waals surface area contributed by atoms with Gasteiger partial charge in [-0.1, -0.05) is 12.8 Å². The zero-order chi connectivity index (χ0) is 12.9. The number of aliphatic hydroxyl groups excluding tert-OH is 1. The third-order valence-corrected chi connectivity index (χ3v) is 3.19. The highest BCUT2D eigenvalue weighted by molar-refractivity contribution is 5.69. The lowest BCUT2D eigenvalue weighted by Gasteiger charge is -2.19. The van der Waals surface area contributed by atoms with Crippen LogP contribution in [0.3, 0.4) is 0 Å². The maximum absolute atomic E-state index is 11.4. The van der Waals surface area contributed by atoms with Gasteiger partial charge < -0.3 is 9.84 Å². The second kappa shape index (κ2) is 6.39. The minimum atomic E-state index is -0.361. The van der Waals surface area contributed by atoms with Crippen LogP contribution in [0.2, 0.25) is 0 Å². The molecule has 1 aliphatic carbocycles. The first-order valence-corrected chi connectivity index (χ1v) is 6.75. The third-order valence-electron chi connectivity index (χ3n) is 3.19. The second-order valence-corrected chi connectivity index (χ2v) is 6.10. The van der Waals surface area contributed by atoms with E-state index < -0.39 is 0 Å². The molecule has 0 unspecified atom stereocenters. The second-order valence-electron chi connectivity index (χ2n) is 6.10. The fraction of sp³-hybridized carbons (Fsp3) is 0.929. The Balaban J connectivity index is 1.96. The van der Waals surface area contributed by atoms with Gasteiger partial charge in [0, 0.05) is 13.0 Å². The van der Waals surface area contributed by atoms with E-state index in [1.54, 1.807) is 0 Å². The van der Waals surface area contributed by atoms with Crippen LogP contribution >= 0.6 is 0 Å². The molecule has 1 saturated carbocycles. The number of hydrogen-bond donors (Lipinski definition) is 1. The summed E-state index contributed by atoms with van der Waals surface area (Å²) in [5.41, 5.74) is -0.361. The molecular formula is C14H26O3. The van der Waals surface area contributed by atoms with Gasteiger partial charge in [-0.2, -0.15) is 0 Å². The van der Waals surface area contributed by atoms with E-state index in [0.717, 1.165) is 31.1 Å². The molecule has 1 N–H and O–H groups in total. The van der Waals surface area contributed by atoms with Crippen molar-refractivity contribution in [3.05, 3.63) is 0 Å². The van der Waals surface area contributed by atoms with E-state index in [9.17, 15) is 4.79 Å². The summed E-state index contributed by atoms with van der Waals surface area (Å²) in [4.78, 5) is 11.4. The number of ether oxygens (including phenoxy) is 1. The molecular weight excluding hydrogens is 216 g/mol. The van der Waals surface area contributed by atoms with E-state index in [-0.39, 0.29) is 11.6 Å². The summed E-state index contributed by atoms with van der Waals surface area (Å²) in [5, 5.41) is 8.79. The molecule has 1 aliphatic rings. The summed E-state index contributed by atoms with van der Waals surface area (Å²) < 4.78 is 5.25. The Morgan fingerprint density at radius 1 is 1.24 bits per heavy atom. The molecule has 0 aromatic carbocycles. The Bertz CT molecular complexity index is 242. The van der Waals surface area contributed by atoms with Crippen molar-refractivity contribution in [2.24, 2.45) is 11.8 Å². The maximum Gasteiger partial charge on any atom is 0.306 e. The Labute approximate surface area is 105 Å². The van der Waals surface area contributed by atoms with E-state index in [2.05, 4.69) is 0 Å². The van der Waals surface area contributed by atoms with Crippen LogP contribution in [0.5, 0.6) is 0 Å². The molecule has 17 heavy (non-hydrogen) atoms. The van der Waals surface area contributed by atoms with Gasteiger partial charge in [-0.25, -0.2) is 0 Å². The predicted molar refractivity (Wildman–Crippen MR) is 67.6 cm³/mol. The van der Waals surface area contributed by atoms with Crippen molar-refractivity contribution >= 4 is 5.97 Å². The van der Waals surface area contributed by atoms with Gasteiger partial charge in [0.1, 0.15) is 5.60 Å². The van der Waals surface area contributed by atoms with Gasteiger partial charge in [-0.15, -0.1) is 0 Å². The molecule has 0 spiro atoms. The van der Waals surface area contributed by atoms with E-state index in [4.69, 9.17) is 9.84 Å². The summed E-state index contributed by atoms with van der Waals surface area (Å²) >= 11 is 0. The lowest BCUT2D eigenvalue weighted by molar-refractivity contribution is -0.154. The largest absolute Gasteiger partial charge is 0.460 e. The highest BCUT2D eigenvalue weighted by Crippen LogP contribution is 2.44. The van der Waals surface area contributed by atoms with Crippen molar-refractivity contribution in [1.29, 1.82) is 0 Å². The lowest BCUT2D eigenvalue weighted by atomic mass is 10.1. The fourth-order valence-corrected chi connectivity index (χ4v) is 2.25. The summed E-state index contributed by atoms with van der Waals surface area (Å²) in [5.74, 6) is 1.47. The normalized spacial score (nSPS) is 23.5. The van der Waals surface area contributed by atoms with Crippen LogP contribution in [-0.4, -0.2) is 23.3 Å². The van der Waals surface area contributed by atoms with Crippen molar-refractivity contribution in [3.8, 4) is 0 Å². The van der Waals surface area contributed by atoms with Crippen molar-refractivity contribution in [2.75, 3.05) is 6.61 Å². The molecule has 0 aliphatic heterocycles. The van der Waals surface area contributed by atoms with Crippen molar-refractivity contribution in [1.82, 2.24) is 0 Å². The van der Waals surface area contributed by atoms with Crippen LogP contribution in [0, 0.1) is 11.8 Å². The number of unbranched alkanes of at least 4 members (excludes halogenated alkanes) is 1. The fourth-order valence-electron chi connectivity index (χ4n) is 2.25. The Morgan fingerprint density at radius 3 is 2.47 bits per heavy atom. The molecule has 0 aromatic heterocycles. The van der Waals surface area contributed by atoms with Gasteiger partial charge in [-0.3, -0.25) is 4.79 Å². The minimum absolute atomic E-state index is 0.0831. The third kappa shape index (κ3) is 6.67. The molecule has 2 atom stereocenters. The molecule has 0 saturated heterocycles. The predicted octanol–water partition coefficient (Wildman–Crippen LogP) is 2.91. The number of carbonyl (C=O) groups is 1. The van der Waals surface area contributed by atoms with Crippen LogP contribution in [0.1, 0.15) is 59.3 Å². The maximum atomic E-state index is 11.4. The van der Waals surface area contributed by atoms with E-state index in [1.807, 2.05) is 20.8 Å². The molecule has 1 rings (SSSR count). The molecule has 0 bridgehead atoms. The van der Waals surface area contributed by atoms with Crippen LogP contribution < -0.4 is 0 Å². The number of esters is 1. The molecule has 100 valence electrons. The van der Waals surface area contributed by atoms with E-state index in [0.29, 0.717) is 13.0 Å². The number of hydrogen-bond acceptors (Lipinski definition) is 3. The first-order chi connectivity index (χ1) is 7.92. The first-order valence-electron chi connectivity index (χ1n) is 6.75. The number of rotatable bonds is 7. The van der Waals surface area contributed by atoms with Crippen LogP contribution in [0.25, 0.3) is 0 Å². The lowest BCUT2D eigenvalue weighted by Crippen LogP contribution is -2.23. The average Bonchev–Trinajstić information content (AvgIpc) is 2.89. The summed E-state index contributed by atoms with van der Waals surface area (Å²) in [7, 11) is 0. The van der Waals surface area contributed by atoms with Crippen molar-refractivity contribution in [2.45, 2.75) is 64.9 Å². The van der Waals surface area contributed by atoms with E-state index >= 15 is 0 Å². The van der Waals surface area contributed by atoms with Crippen LogP contribution in [-0.2, 0) is 9.53 Å². The monoisotopic (exact) mass is 242 g/mol. The summed E-state index contributed by atoms with van der Waals surface area (Å²) in [6.07, 6.45) is 5.99. The molecule has 0 radical (unpaired) electrons. The number of carbonyl (C=O) groups excluding carboxylic acids is 1. The topological polar surface area (TPSA) is 46.5 Å². The molecule has 0 heterocycles. The van der Waals surface area contributed by atoms with Crippen molar-refractivity contribution in [3.63, 3.8) is 0 Å². The zero-order valence-corrected chi connectivity index (χ0v) is 11.4. The first kappa shape index (κ1) is 14.5. The van der Waals surface area contributed by atoms with Crippen molar-refractivity contribution < 1.29 is 14.6 Å². The summed E-state index contributed by atoms with van der Waals surface area (Å²) in [6.45, 7) is 6.01. The van der Waals surface area contributed by atoms with Gasteiger partial charge in [0.15, 0.2) is 0 Å². The van der Waals surface area contributed by atoms with Gasteiger partial charge >= 0.3 is 5.97 Å². The summed E-state index contributed by atoms with van der Waals surface area (Å²) in [6, 6.07) is 0. The highest BCUT2D eigenvalue weighted by Gasteiger charge is 2.35. The van der Waals surface area contributed by atoms with Crippen LogP contribution in [0.15, 0.2) is 0 Å².